The summed E-state index contributed by atoms with van der Waals surface area (Å²) in [6, 6.07) is 6.04. The van der Waals surface area contributed by atoms with Crippen LogP contribution in [0.1, 0.15) is 36.9 Å². The Morgan fingerprint density at radius 3 is 2.57 bits per heavy atom. The first-order valence-electron chi connectivity index (χ1n) is 9.69. The molecule has 6 nitrogen and oxygen atoms in total. The van der Waals surface area contributed by atoms with Gasteiger partial charge in [-0.15, -0.1) is 0 Å². The third-order valence-electron chi connectivity index (χ3n) is 5.19. The molecule has 0 amide bonds. The molecular formula is C22H29NO5. The number of nitrogens with zero attached hydrogens (tertiary/aromatic N) is 1. The Labute approximate surface area is 166 Å². The van der Waals surface area contributed by atoms with Crippen molar-refractivity contribution in [2.45, 2.75) is 38.8 Å². The molecule has 0 aliphatic carbocycles. The van der Waals surface area contributed by atoms with Crippen molar-refractivity contribution >= 4 is 0 Å². The van der Waals surface area contributed by atoms with Gasteiger partial charge in [0.15, 0.2) is 16.9 Å². The summed E-state index contributed by atoms with van der Waals surface area (Å²) in [5, 5.41) is 0. The zero-order chi connectivity index (χ0) is 20.1. The summed E-state index contributed by atoms with van der Waals surface area (Å²) in [5.41, 5.74) is 3.79. The van der Waals surface area contributed by atoms with Crippen LogP contribution >= 0.6 is 0 Å². The van der Waals surface area contributed by atoms with Crippen LogP contribution in [0.25, 0.3) is 11.3 Å². The summed E-state index contributed by atoms with van der Waals surface area (Å²) in [5.74, 6) is 1.41. The van der Waals surface area contributed by atoms with Crippen molar-refractivity contribution in [3.8, 4) is 22.8 Å². The third kappa shape index (κ3) is 4.08. The molecule has 1 aliphatic rings. The van der Waals surface area contributed by atoms with Gasteiger partial charge in [-0.2, -0.15) is 0 Å². The van der Waals surface area contributed by atoms with E-state index in [0.717, 1.165) is 36.3 Å². The molecule has 6 heteroatoms. The topological polar surface area (TPSA) is 58.9 Å². The first-order chi connectivity index (χ1) is 13.6. The Hall–Kier alpha value is -2.31. The molecular weight excluding hydrogens is 358 g/mol. The molecule has 2 heterocycles. The number of benzene rings is 1. The van der Waals surface area contributed by atoms with Crippen LogP contribution in [0.2, 0.25) is 0 Å². The van der Waals surface area contributed by atoms with E-state index in [-0.39, 0.29) is 11.5 Å². The minimum atomic E-state index is -0.00494. The van der Waals surface area contributed by atoms with Gasteiger partial charge in [-0.05, 0) is 30.5 Å². The average Bonchev–Trinajstić information content (AvgIpc) is 2.71. The minimum absolute atomic E-state index is 0.00494. The van der Waals surface area contributed by atoms with Gasteiger partial charge in [-0.25, -0.2) is 0 Å². The van der Waals surface area contributed by atoms with Crippen molar-refractivity contribution in [1.29, 1.82) is 0 Å². The Bertz CT molecular complexity index is 874. The minimum Gasteiger partial charge on any atom is -0.493 e. The van der Waals surface area contributed by atoms with Crippen LogP contribution in [0.15, 0.2) is 29.2 Å². The summed E-state index contributed by atoms with van der Waals surface area (Å²) >= 11 is 0. The Morgan fingerprint density at radius 1 is 1.07 bits per heavy atom. The van der Waals surface area contributed by atoms with Gasteiger partial charge in [-0.1, -0.05) is 6.92 Å². The molecule has 0 saturated carbocycles. The van der Waals surface area contributed by atoms with Crippen LogP contribution in [-0.2, 0) is 22.5 Å². The molecule has 3 rings (SSSR count). The van der Waals surface area contributed by atoms with E-state index >= 15 is 0 Å². The summed E-state index contributed by atoms with van der Waals surface area (Å²) < 4.78 is 24.0. The van der Waals surface area contributed by atoms with Gasteiger partial charge in [0.25, 0.3) is 0 Å². The number of methoxy groups -OCH3 is 3. The van der Waals surface area contributed by atoms with Crippen molar-refractivity contribution in [3.05, 3.63) is 45.7 Å². The molecule has 0 radical (unpaired) electrons. The molecule has 0 fully saturated rings. The summed E-state index contributed by atoms with van der Waals surface area (Å²) in [7, 11) is 4.92. The number of fused-ring (bicyclic) bond motifs is 3. The molecule has 0 saturated heterocycles. The van der Waals surface area contributed by atoms with Crippen LogP contribution in [0.3, 0.4) is 0 Å². The van der Waals surface area contributed by atoms with Gasteiger partial charge < -0.3 is 23.5 Å². The van der Waals surface area contributed by atoms with Crippen LogP contribution in [0, 0.1) is 0 Å². The van der Waals surface area contributed by atoms with E-state index in [1.807, 2.05) is 12.3 Å². The summed E-state index contributed by atoms with van der Waals surface area (Å²) in [6.07, 6.45) is 4.61. The normalized spacial score (nSPS) is 15.1. The highest BCUT2D eigenvalue weighted by atomic mass is 16.5. The lowest BCUT2D eigenvalue weighted by molar-refractivity contribution is 0.170. The number of hydrogen-bond donors (Lipinski definition) is 0. The predicted octanol–water partition coefficient (Wildman–Crippen LogP) is 3.59. The van der Waals surface area contributed by atoms with E-state index in [9.17, 15) is 4.79 Å². The fourth-order valence-corrected chi connectivity index (χ4v) is 3.74. The van der Waals surface area contributed by atoms with Gasteiger partial charge in [-0.3, -0.25) is 4.79 Å². The lowest BCUT2D eigenvalue weighted by atomic mass is 9.90. The summed E-state index contributed by atoms with van der Waals surface area (Å²) in [6.45, 7) is 3.71. The number of pyridine rings is 1. The molecule has 1 aliphatic heterocycles. The second-order valence-corrected chi connectivity index (χ2v) is 7.01. The zero-order valence-corrected chi connectivity index (χ0v) is 17.1. The van der Waals surface area contributed by atoms with Gasteiger partial charge >= 0.3 is 0 Å². The maximum atomic E-state index is 12.5. The quantitative estimate of drug-likeness (QED) is 0.616. The molecule has 1 aromatic heterocycles. The van der Waals surface area contributed by atoms with E-state index in [1.54, 1.807) is 27.4 Å². The van der Waals surface area contributed by atoms with Gasteiger partial charge in [0.2, 0.25) is 0 Å². The molecule has 1 atom stereocenters. The van der Waals surface area contributed by atoms with E-state index in [4.69, 9.17) is 18.9 Å². The number of aromatic nitrogens is 1. The maximum absolute atomic E-state index is 12.5. The largest absolute Gasteiger partial charge is 0.493 e. The molecule has 1 unspecified atom stereocenters. The monoisotopic (exact) mass is 387 g/mol. The molecule has 152 valence electrons. The molecule has 0 bridgehead atoms. The Morgan fingerprint density at radius 2 is 1.89 bits per heavy atom. The smallest absolute Gasteiger partial charge is 0.187 e. The Kier molecular flexibility index (Phi) is 6.75. The number of ether oxygens (including phenoxy) is 4. The standard InChI is InChI=1S/C22H29NO5/c1-5-17-9-15-10-22(28-8-6-7-25-2)21(27-4)11-18(15)19-12-20(24)16(14-26-3)13-23(17)19/h10-13,17H,5-9,14H2,1-4H3. The van der Waals surface area contributed by atoms with E-state index < -0.39 is 0 Å². The molecule has 0 spiro atoms. The van der Waals surface area contributed by atoms with E-state index in [0.29, 0.717) is 31.1 Å². The second-order valence-electron chi connectivity index (χ2n) is 7.01. The van der Waals surface area contributed by atoms with Crippen LogP contribution in [0.5, 0.6) is 11.5 Å². The van der Waals surface area contributed by atoms with Crippen LogP contribution in [0.4, 0.5) is 0 Å². The highest BCUT2D eigenvalue weighted by molar-refractivity contribution is 5.70. The second kappa shape index (κ2) is 9.26. The van der Waals surface area contributed by atoms with Crippen molar-refractivity contribution in [2.75, 3.05) is 34.5 Å². The SMILES string of the molecule is CCC1Cc2cc(OCCCOC)c(OC)cc2-c2cc(=O)c(COC)cn21. The molecule has 1 aromatic carbocycles. The molecule has 28 heavy (non-hydrogen) atoms. The zero-order valence-electron chi connectivity index (χ0n) is 17.1. The van der Waals surface area contributed by atoms with Gasteiger partial charge in [0.1, 0.15) is 0 Å². The predicted molar refractivity (Wildman–Crippen MR) is 108 cm³/mol. The first kappa shape index (κ1) is 20.4. The molecule has 0 N–H and O–H groups in total. The average molecular weight is 387 g/mol. The van der Waals surface area contributed by atoms with Crippen molar-refractivity contribution in [3.63, 3.8) is 0 Å². The van der Waals surface area contributed by atoms with Crippen LogP contribution < -0.4 is 14.9 Å². The number of rotatable bonds is 9. The first-order valence-corrected chi connectivity index (χ1v) is 9.69. The highest BCUT2D eigenvalue weighted by Crippen LogP contribution is 2.41. The summed E-state index contributed by atoms with van der Waals surface area (Å²) in [4.78, 5) is 12.5. The lowest BCUT2D eigenvalue weighted by Crippen LogP contribution is -2.24. The fraction of sp³-hybridized carbons (Fsp3) is 0.500. The maximum Gasteiger partial charge on any atom is 0.187 e. The third-order valence-corrected chi connectivity index (χ3v) is 5.19. The van der Waals surface area contributed by atoms with Gasteiger partial charge in [0.05, 0.1) is 26.0 Å². The fourth-order valence-electron chi connectivity index (χ4n) is 3.74. The highest BCUT2D eigenvalue weighted by Gasteiger charge is 2.25. The number of hydrogen-bond acceptors (Lipinski definition) is 5. The van der Waals surface area contributed by atoms with Crippen molar-refractivity contribution in [1.82, 2.24) is 4.57 Å². The van der Waals surface area contributed by atoms with Crippen molar-refractivity contribution in [2.24, 2.45) is 0 Å². The Balaban J connectivity index is 2.03. The van der Waals surface area contributed by atoms with Crippen LogP contribution in [-0.4, -0.2) is 39.1 Å². The van der Waals surface area contributed by atoms with Crippen molar-refractivity contribution < 1.29 is 18.9 Å². The van der Waals surface area contributed by atoms with E-state index in [2.05, 4.69) is 17.6 Å². The van der Waals surface area contributed by atoms with Gasteiger partial charge in [0, 0.05) is 56.7 Å². The lowest BCUT2D eigenvalue weighted by Gasteiger charge is -2.31. The van der Waals surface area contributed by atoms with E-state index in [1.165, 1.54) is 5.56 Å². The molecule has 2 aromatic rings.